The summed E-state index contributed by atoms with van der Waals surface area (Å²) in [6.07, 6.45) is 9.08. The van der Waals surface area contributed by atoms with Crippen LogP contribution in [0.2, 0.25) is 17.3 Å². The molecule has 1 aliphatic rings. The van der Waals surface area contributed by atoms with Crippen LogP contribution in [0, 0.1) is 12.1 Å². The van der Waals surface area contributed by atoms with Gasteiger partial charge in [-0.05, 0) is 85.5 Å². The van der Waals surface area contributed by atoms with Crippen molar-refractivity contribution >= 4 is 60.2 Å². The van der Waals surface area contributed by atoms with E-state index in [1.165, 1.54) is 85.8 Å². The molecule has 0 N–H and O–H groups in total. The molecule has 0 aliphatic heterocycles. The van der Waals surface area contributed by atoms with Gasteiger partial charge in [0.1, 0.15) is 0 Å². The van der Waals surface area contributed by atoms with Crippen LogP contribution < -0.4 is 4.40 Å². The van der Waals surface area contributed by atoms with Crippen molar-refractivity contribution in [3.63, 3.8) is 0 Å². The summed E-state index contributed by atoms with van der Waals surface area (Å²) in [6, 6.07) is 53.0. The SMILES string of the molecule is CC(C)c1cc(-c2ccccc2)cc(C(C)C)c1-n1c(-c2[c-]ccc3c2sc2cc(C(C)(C)C)ccc23)nc2ccccc21.[CH3][Ge]([CH3])([CH3])[c]1cnc(-c2[c-]cccc2)cc1C1CCCCC1.[Ir]. The fourth-order valence-electron chi connectivity index (χ4n) is 9.96. The van der Waals surface area contributed by atoms with Gasteiger partial charge < -0.3 is 4.57 Å². The molecule has 10 rings (SSSR count). The van der Waals surface area contributed by atoms with Gasteiger partial charge in [0.05, 0.1) is 16.9 Å². The third-order valence-corrected chi connectivity index (χ3v) is 19.1. The van der Waals surface area contributed by atoms with E-state index >= 15 is 0 Å². The minimum atomic E-state index is -1.89. The van der Waals surface area contributed by atoms with Gasteiger partial charge in [0.2, 0.25) is 0 Å². The zero-order valence-electron chi connectivity index (χ0n) is 41.1. The number of pyridine rings is 1. The molecule has 0 bridgehead atoms. The quantitative estimate of drug-likeness (QED) is 0.112. The first-order chi connectivity index (χ1) is 31.7. The Morgan fingerprint density at radius 1 is 0.701 bits per heavy atom. The third-order valence-electron chi connectivity index (χ3n) is 13.6. The Balaban J connectivity index is 0.000000223. The van der Waals surface area contributed by atoms with Crippen molar-refractivity contribution in [1.82, 2.24) is 14.5 Å². The van der Waals surface area contributed by atoms with Crippen LogP contribution in [-0.2, 0) is 25.5 Å². The standard InChI is InChI=1S/C41H39N2S.C20H26GeN.Ir/c1-25(2)33-22-28(27-14-9-8-10-15-27)23-34(26(3)4)38(33)43-36-19-12-11-18-35(36)42-40(43)32-17-13-16-31-30-21-20-29(41(5,6)7)24-37(30)44-39(31)32;1-21(2,3)19-15-22-20(17-12-8-5-9-13-17)14-18(19)16-10-6-4-7-11-16;/h8-16,18-26H,1-7H3;5,8-9,12,14-16H,4,6-7,10-11H2,1-3H3;/q2*-1;. The van der Waals surface area contributed by atoms with E-state index in [-0.39, 0.29) is 25.5 Å². The summed E-state index contributed by atoms with van der Waals surface area (Å²) >= 11 is -0.0236. The largest absolute Gasteiger partial charge is 0 e. The van der Waals surface area contributed by atoms with Gasteiger partial charge in [0.25, 0.3) is 0 Å². The van der Waals surface area contributed by atoms with E-state index in [2.05, 4.69) is 204 Å². The van der Waals surface area contributed by atoms with Gasteiger partial charge in [-0.2, -0.15) is 11.3 Å². The molecular weight excluding hydrogens is 1070 g/mol. The normalized spacial score (nSPS) is 13.6. The first-order valence-corrected chi connectivity index (χ1v) is 32.4. The van der Waals surface area contributed by atoms with Crippen molar-refractivity contribution in [2.45, 2.75) is 121 Å². The number of hydrogen-bond donors (Lipinski definition) is 0. The van der Waals surface area contributed by atoms with Gasteiger partial charge in [-0.1, -0.05) is 114 Å². The predicted molar refractivity (Wildman–Crippen MR) is 288 cm³/mol. The number of fused-ring (bicyclic) bond motifs is 4. The van der Waals surface area contributed by atoms with E-state index in [1.807, 2.05) is 23.5 Å². The van der Waals surface area contributed by atoms with Crippen LogP contribution >= 0.6 is 11.3 Å². The minimum Gasteiger partial charge on any atom is 0 e. The van der Waals surface area contributed by atoms with Gasteiger partial charge >= 0.3 is 137 Å². The molecule has 0 spiro atoms. The molecular formula is C61H65GeIrN3S-2. The molecule has 3 heterocycles. The molecule has 67 heavy (non-hydrogen) atoms. The Bertz CT molecular complexity index is 3110. The second-order valence-corrected chi connectivity index (χ2v) is 32.7. The number of thiophene rings is 1. The van der Waals surface area contributed by atoms with E-state index in [9.17, 15) is 0 Å². The van der Waals surface area contributed by atoms with Gasteiger partial charge in [-0.3, -0.25) is 4.98 Å². The maximum Gasteiger partial charge on any atom is 0 e. The molecule has 0 saturated heterocycles. The number of rotatable bonds is 8. The van der Waals surface area contributed by atoms with E-state index in [0.29, 0.717) is 11.8 Å². The van der Waals surface area contributed by atoms with Crippen molar-refractivity contribution in [1.29, 1.82) is 0 Å². The van der Waals surface area contributed by atoms with Crippen LogP contribution in [0.25, 0.3) is 70.7 Å². The van der Waals surface area contributed by atoms with Crippen molar-refractivity contribution in [3.05, 3.63) is 168 Å². The zero-order valence-corrected chi connectivity index (χ0v) is 46.4. The third kappa shape index (κ3) is 10.1. The van der Waals surface area contributed by atoms with Crippen LogP contribution in [0.15, 0.2) is 134 Å². The smallest absolute Gasteiger partial charge is 0 e. The molecule has 345 valence electrons. The molecule has 3 aromatic heterocycles. The van der Waals surface area contributed by atoms with Crippen LogP contribution in [-0.4, -0.2) is 27.8 Å². The summed E-state index contributed by atoms with van der Waals surface area (Å²) in [6.45, 7) is 16.1. The number of hydrogen-bond acceptors (Lipinski definition) is 3. The van der Waals surface area contributed by atoms with Crippen molar-refractivity contribution in [2.24, 2.45) is 0 Å². The average Bonchev–Trinajstić information content (AvgIpc) is 3.90. The molecule has 1 aliphatic carbocycles. The van der Waals surface area contributed by atoms with Gasteiger partial charge in [-0.15, -0.1) is 18.2 Å². The van der Waals surface area contributed by atoms with Gasteiger partial charge in [0, 0.05) is 30.5 Å². The molecule has 1 radical (unpaired) electrons. The van der Waals surface area contributed by atoms with E-state index in [0.717, 1.165) is 39.6 Å². The Hall–Kier alpha value is -4.65. The van der Waals surface area contributed by atoms with Crippen molar-refractivity contribution < 1.29 is 20.1 Å². The topological polar surface area (TPSA) is 30.7 Å². The molecule has 9 aromatic rings. The first kappa shape index (κ1) is 48.8. The molecule has 6 aromatic carbocycles. The molecule has 3 nitrogen and oxygen atoms in total. The monoisotopic (exact) mass is 1140 g/mol. The Kier molecular flexibility index (Phi) is 14.7. The van der Waals surface area contributed by atoms with E-state index < -0.39 is 13.3 Å². The molecule has 6 heteroatoms. The summed E-state index contributed by atoms with van der Waals surface area (Å²) in [5.41, 5.74) is 14.9. The predicted octanol–water partition coefficient (Wildman–Crippen LogP) is 17.2. The average molecular weight is 1140 g/mol. The second-order valence-electron chi connectivity index (χ2n) is 21.1. The molecule has 1 fully saturated rings. The van der Waals surface area contributed by atoms with Crippen LogP contribution in [0.3, 0.4) is 0 Å². The van der Waals surface area contributed by atoms with Gasteiger partial charge in [0.15, 0.2) is 0 Å². The summed E-state index contributed by atoms with van der Waals surface area (Å²) in [7, 11) is 0. The molecule has 0 unspecified atom stereocenters. The minimum absolute atomic E-state index is 0. The molecule has 1 saturated carbocycles. The van der Waals surface area contributed by atoms with Crippen LogP contribution in [0.4, 0.5) is 0 Å². The van der Waals surface area contributed by atoms with E-state index in [1.54, 1.807) is 9.96 Å². The second kappa shape index (κ2) is 20.1. The van der Waals surface area contributed by atoms with Crippen LogP contribution in [0.1, 0.15) is 121 Å². The number of para-hydroxylation sites is 2. The summed E-state index contributed by atoms with van der Waals surface area (Å²) in [4.78, 5) is 10.1. The maximum atomic E-state index is 5.36. The number of aromatic nitrogens is 3. The zero-order chi connectivity index (χ0) is 46.3. The summed E-state index contributed by atoms with van der Waals surface area (Å²) in [5, 5.41) is 2.57. The van der Waals surface area contributed by atoms with Crippen LogP contribution in [0.5, 0.6) is 0 Å². The summed E-state index contributed by atoms with van der Waals surface area (Å²) in [5.74, 6) is 9.79. The Morgan fingerprint density at radius 3 is 2.04 bits per heavy atom. The summed E-state index contributed by atoms with van der Waals surface area (Å²) < 4.78 is 6.59. The number of benzene rings is 6. The van der Waals surface area contributed by atoms with Gasteiger partial charge in [-0.25, -0.2) is 0 Å². The molecule has 0 amide bonds. The number of imidazole rings is 1. The fourth-order valence-corrected chi connectivity index (χ4v) is 14.5. The van der Waals surface area contributed by atoms with E-state index in [4.69, 9.17) is 9.97 Å². The van der Waals surface area contributed by atoms with Crippen molar-refractivity contribution in [2.75, 3.05) is 0 Å². The molecule has 0 atom stereocenters. The van der Waals surface area contributed by atoms with Crippen molar-refractivity contribution in [3.8, 4) is 39.5 Å². The Labute approximate surface area is 420 Å². The fraction of sp³-hybridized carbons (Fsp3) is 0.311. The first-order valence-electron chi connectivity index (χ1n) is 24.2. The number of nitrogens with zero attached hydrogens (tertiary/aromatic N) is 3. The maximum absolute atomic E-state index is 5.36. The Morgan fingerprint density at radius 2 is 1.39 bits per heavy atom.